The number of carbonyl (C=O) groups excluding carboxylic acids is 1. The summed E-state index contributed by atoms with van der Waals surface area (Å²) >= 11 is 0. The van der Waals surface area contributed by atoms with Crippen LogP contribution < -0.4 is 64.2 Å². The number of aliphatic hydroxyl groups excluding tert-OH is 1. The number of aliphatic carboxylic acids is 1. The van der Waals surface area contributed by atoms with E-state index in [0.29, 0.717) is 0 Å². The smallest absolute Gasteiger partial charge is 0.716 e. The molecule has 1 unspecified atom stereocenters. The van der Waals surface area contributed by atoms with E-state index in [1.165, 1.54) is 12.2 Å². The summed E-state index contributed by atoms with van der Waals surface area (Å²) in [6, 6.07) is 0. The van der Waals surface area contributed by atoms with Gasteiger partial charge in [-0.15, -0.1) is 0 Å². The van der Waals surface area contributed by atoms with Gasteiger partial charge in [-0.3, -0.25) is 0 Å². The van der Waals surface area contributed by atoms with Crippen molar-refractivity contribution in [2.75, 3.05) is 0 Å². The van der Waals surface area contributed by atoms with Gasteiger partial charge in [-0.05, 0) is 12.2 Å². The molecule has 0 heterocycles. The Morgan fingerprint density at radius 2 is 2.05 bits per heavy atom. The molecule has 1 aliphatic carbocycles. The monoisotopic (exact) mass is 306 g/mol. The maximum absolute atomic E-state index is 10.3. The molecule has 0 saturated carbocycles. The molecule has 0 bridgehead atoms. The van der Waals surface area contributed by atoms with Crippen LogP contribution in [-0.2, 0) is 19.4 Å². The maximum Gasteiger partial charge on any atom is 1.00 e. The van der Waals surface area contributed by atoms with E-state index in [9.17, 15) is 28.0 Å². The van der Waals surface area contributed by atoms with Crippen molar-refractivity contribution in [3.8, 4) is 0 Å². The van der Waals surface area contributed by atoms with Crippen molar-refractivity contribution in [1.29, 1.82) is 0 Å². The second kappa shape index (κ2) is 9.19. The Labute approximate surface area is 154 Å². The van der Waals surface area contributed by atoms with Crippen molar-refractivity contribution in [2.24, 2.45) is 5.92 Å². The molecule has 0 saturated heterocycles. The SMILES string of the molecule is O=C([O-])/C=C/C1C=CC(O)=C(OS(=O)(=O)[O-])C1.[Na+].[Na+]. The van der Waals surface area contributed by atoms with Crippen LogP contribution in [0.2, 0.25) is 0 Å². The first-order valence-corrected chi connectivity index (χ1v) is 5.76. The summed E-state index contributed by atoms with van der Waals surface area (Å²) in [6.07, 6.45) is 4.40. The minimum Gasteiger partial charge on any atom is -0.716 e. The Bertz CT molecular complexity index is 507. The summed E-state index contributed by atoms with van der Waals surface area (Å²) < 4.78 is 35.1. The molecule has 1 rings (SSSR count). The standard InChI is InChI=1S/C9H10O7S.2Na/c10-7-3-1-6(2-4-9(11)12)5-8(7)16-17(13,14)15;;/h1-4,6,10H,5H2,(H,11,12)(H,13,14,15);;/q;2*+1/p-2/b4-2+;;. The summed E-state index contributed by atoms with van der Waals surface area (Å²) in [4.78, 5) is 10.2. The minimum atomic E-state index is -4.97. The van der Waals surface area contributed by atoms with Gasteiger partial charge < -0.3 is 23.7 Å². The molecule has 0 fully saturated rings. The Morgan fingerprint density at radius 1 is 1.47 bits per heavy atom. The van der Waals surface area contributed by atoms with Gasteiger partial charge in [0.25, 0.3) is 10.4 Å². The summed E-state index contributed by atoms with van der Waals surface area (Å²) in [7, 11) is -4.97. The third kappa shape index (κ3) is 8.87. The zero-order chi connectivity index (χ0) is 13.1. The third-order valence-corrected chi connectivity index (χ3v) is 2.30. The molecule has 10 heteroatoms. The zero-order valence-electron chi connectivity index (χ0n) is 10.4. The molecule has 0 spiro atoms. The average molecular weight is 306 g/mol. The summed E-state index contributed by atoms with van der Waals surface area (Å²) in [5.74, 6) is -2.81. The van der Waals surface area contributed by atoms with E-state index < -0.39 is 33.8 Å². The van der Waals surface area contributed by atoms with Gasteiger partial charge in [0.1, 0.15) is 0 Å². The predicted molar refractivity (Wildman–Crippen MR) is 51.8 cm³/mol. The molecule has 7 nitrogen and oxygen atoms in total. The van der Waals surface area contributed by atoms with Crippen LogP contribution in [-0.4, -0.2) is 24.0 Å². The van der Waals surface area contributed by atoms with Crippen molar-refractivity contribution in [2.45, 2.75) is 6.42 Å². The Kier molecular flexibility index (Phi) is 10.4. The predicted octanol–water partition coefficient (Wildman–Crippen LogP) is -6.88. The fourth-order valence-electron chi connectivity index (χ4n) is 1.23. The molecular formula is C9H8Na2O7S. The van der Waals surface area contributed by atoms with Crippen LogP contribution in [0.3, 0.4) is 0 Å². The summed E-state index contributed by atoms with van der Waals surface area (Å²) in [5, 5.41) is 19.4. The molecule has 0 amide bonds. The molecule has 0 aromatic heterocycles. The van der Waals surface area contributed by atoms with E-state index >= 15 is 0 Å². The van der Waals surface area contributed by atoms with Crippen molar-refractivity contribution < 1.29 is 91.3 Å². The van der Waals surface area contributed by atoms with Gasteiger partial charge in [0.2, 0.25) is 0 Å². The largest absolute Gasteiger partial charge is 1.00 e. The van der Waals surface area contributed by atoms with Crippen LogP contribution in [0.5, 0.6) is 0 Å². The summed E-state index contributed by atoms with van der Waals surface area (Å²) in [5.41, 5.74) is 0. The quantitative estimate of drug-likeness (QED) is 0.237. The van der Waals surface area contributed by atoms with Gasteiger partial charge in [0.15, 0.2) is 11.5 Å². The Morgan fingerprint density at radius 3 is 2.53 bits per heavy atom. The first-order valence-electron chi connectivity index (χ1n) is 4.43. The van der Waals surface area contributed by atoms with Crippen molar-refractivity contribution in [3.05, 3.63) is 35.8 Å². The molecule has 19 heavy (non-hydrogen) atoms. The Hall–Kier alpha value is 0.200. The van der Waals surface area contributed by atoms with E-state index in [-0.39, 0.29) is 65.5 Å². The maximum atomic E-state index is 10.3. The number of carboxylic acid groups (broad SMARTS) is 1. The molecule has 1 N–H and O–H groups in total. The van der Waals surface area contributed by atoms with Crippen molar-refractivity contribution in [1.82, 2.24) is 0 Å². The van der Waals surface area contributed by atoms with E-state index in [0.717, 1.165) is 12.2 Å². The van der Waals surface area contributed by atoms with Gasteiger partial charge >= 0.3 is 59.1 Å². The van der Waals surface area contributed by atoms with Crippen LogP contribution in [0.25, 0.3) is 0 Å². The van der Waals surface area contributed by atoms with Crippen LogP contribution in [0.1, 0.15) is 6.42 Å². The molecule has 0 aliphatic heterocycles. The molecule has 0 aromatic rings. The second-order valence-electron chi connectivity index (χ2n) is 3.21. The first-order chi connectivity index (χ1) is 7.78. The summed E-state index contributed by atoms with van der Waals surface area (Å²) in [6.45, 7) is 0. The van der Waals surface area contributed by atoms with Crippen molar-refractivity contribution >= 4 is 16.4 Å². The number of hydrogen-bond donors (Lipinski definition) is 1. The fourth-order valence-corrected chi connectivity index (χ4v) is 1.63. The number of carboxylic acids is 1. The molecule has 0 radical (unpaired) electrons. The Balaban J connectivity index is 0. The molecule has 94 valence electrons. The van der Waals surface area contributed by atoms with Gasteiger partial charge in [0.05, 0.1) is 5.97 Å². The van der Waals surface area contributed by atoms with Crippen LogP contribution in [0.15, 0.2) is 35.8 Å². The van der Waals surface area contributed by atoms with Gasteiger partial charge in [-0.25, -0.2) is 8.42 Å². The fraction of sp³-hybridized carbons (Fsp3) is 0.222. The van der Waals surface area contributed by atoms with E-state index in [4.69, 9.17) is 0 Å². The van der Waals surface area contributed by atoms with E-state index in [1.807, 2.05) is 0 Å². The molecule has 1 aliphatic rings. The van der Waals surface area contributed by atoms with Gasteiger partial charge in [-0.2, -0.15) is 0 Å². The number of aliphatic hydroxyl groups is 1. The van der Waals surface area contributed by atoms with Gasteiger partial charge in [0, 0.05) is 12.3 Å². The topological polar surface area (TPSA) is 127 Å². The number of allylic oxidation sites excluding steroid dienone is 4. The number of carbonyl (C=O) groups is 1. The zero-order valence-corrected chi connectivity index (χ0v) is 15.2. The molecule has 1 atom stereocenters. The third-order valence-electron chi connectivity index (χ3n) is 1.89. The van der Waals surface area contributed by atoms with Crippen LogP contribution in [0, 0.1) is 5.92 Å². The van der Waals surface area contributed by atoms with Crippen LogP contribution >= 0.6 is 0 Å². The second-order valence-corrected chi connectivity index (χ2v) is 4.19. The van der Waals surface area contributed by atoms with Crippen LogP contribution in [0.4, 0.5) is 0 Å². The molecule has 0 aromatic carbocycles. The molecular weight excluding hydrogens is 298 g/mol. The van der Waals surface area contributed by atoms with Gasteiger partial charge in [-0.1, -0.05) is 12.2 Å². The number of rotatable bonds is 4. The minimum absolute atomic E-state index is 0. The normalized spacial score (nSPS) is 18.7. The first kappa shape index (κ1) is 21.5. The van der Waals surface area contributed by atoms with E-state index in [2.05, 4.69) is 4.18 Å². The average Bonchev–Trinajstić information content (AvgIpc) is 2.17. The van der Waals surface area contributed by atoms with E-state index in [1.54, 1.807) is 0 Å². The van der Waals surface area contributed by atoms with Crippen molar-refractivity contribution in [3.63, 3.8) is 0 Å². The number of hydrogen-bond acceptors (Lipinski definition) is 7.